The van der Waals surface area contributed by atoms with Gasteiger partial charge in [0.2, 0.25) is 0 Å². The van der Waals surface area contributed by atoms with Crippen molar-refractivity contribution in [3.05, 3.63) is 77.1 Å². The minimum Gasteiger partial charge on any atom is -0.506 e. The molecule has 0 aliphatic carbocycles. The van der Waals surface area contributed by atoms with Gasteiger partial charge < -0.3 is 9.84 Å². The molecule has 0 amide bonds. The van der Waals surface area contributed by atoms with Crippen LogP contribution >= 0.6 is 11.3 Å². The number of hydrogen-bond donors (Lipinski definition) is 1. The van der Waals surface area contributed by atoms with Gasteiger partial charge in [0.1, 0.15) is 23.8 Å². The number of aromatic hydroxyl groups is 1. The number of benzene rings is 2. The molecule has 0 aliphatic heterocycles. The second-order valence-corrected chi connectivity index (χ2v) is 6.00. The molecule has 0 fully saturated rings. The normalized spacial score (nSPS) is 11.5. The van der Waals surface area contributed by atoms with Crippen LogP contribution in [-0.4, -0.2) is 16.3 Å². The van der Waals surface area contributed by atoms with Crippen molar-refractivity contribution in [1.82, 2.24) is 4.57 Å². The highest BCUT2D eigenvalue weighted by Crippen LogP contribution is 2.26. The van der Waals surface area contributed by atoms with Gasteiger partial charge in [0.15, 0.2) is 4.80 Å². The zero-order chi connectivity index (χ0) is 16.9. The lowest BCUT2D eigenvalue weighted by molar-refractivity contribution is 0.361. The van der Waals surface area contributed by atoms with E-state index in [4.69, 9.17) is 4.74 Å². The summed E-state index contributed by atoms with van der Waals surface area (Å²) in [6.45, 7) is 6.15. The van der Waals surface area contributed by atoms with Crippen LogP contribution in [0.4, 0.5) is 5.69 Å². The molecule has 0 atom stereocenters. The Kier molecular flexibility index (Phi) is 4.82. The first-order chi connectivity index (χ1) is 11.7. The van der Waals surface area contributed by atoms with E-state index in [0.29, 0.717) is 12.3 Å². The first-order valence-electron chi connectivity index (χ1n) is 7.53. The quantitative estimate of drug-likeness (QED) is 0.703. The third-order valence-electron chi connectivity index (χ3n) is 3.44. The summed E-state index contributed by atoms with van der Waals surface area (Å²) in [5.41, 5.74) is 2.49. The summed E-state index contributed by atoms with van der Waals surface area (Å²) in [6, 6.07) is 14.9. The zero-order valence-corrected chi connectivity index (χ0v) is 14.2. The number of aromatic nitrogens is 1. The van der Waals surface area contributed by atoms with Crippen LogP contribution in [0.15, 0.2) is 71.6 Å². The van der Waals surface area contributed by atoms with E-state index in [1.165, 1.54) is 11.3 Å². The summed E-state index contributed by atoms with van der Waals surface area (Å²) in [7, 11) is 0. The Morgan fingerprint density at radius 1 is 1.21 bits per heavy atom. The molecule has 3 aromatic rings. The van der Waals surface area contributed by atoms with Gasteiger partial charge in [-0.3, -0.25) is 4.57 Å². The predicted molar refractivity (Wildman–Crippen MR) is 97.4 cm³/mol. The van der Waals surface area contributed by atoms with Crippen molar-refractivity contribution >= 4 is 17.0 Å². The number of phenols is 1. The van der Waals surface area contributed by atoms with E-state index in [2.05, 4.69) is 11.6 Å². The lowest BCUT2D eigenvalue weighted by Gasteiger charge is -2.12. The molecular formula is C19H18N2O2S. The number of hydrogen-bond acceptors (Lipinski definition) is 4. The molecule has 24 heavy (non-hydrogen) atoms. The third-order valence-corrected chi connectivity index (χ3v) is 4.38. The number of nitrogens with zero attached hydrogens (tertiary/aromatic N) is 2. The van der Waals surface area contributed by atoms with Gasteiger partial charge in [-0.05, 0) is 31.2 Å². The van der Waals surface area contributed by atoms with Gasteiger partial charge in [0, 0.05) is 11.1 Å². The van der Waals surface area contributed by atoms with Crippen molar-refractivity contribution in [1.29, 1.82) is 0 Å². The molecule has 1 heterocycles. The fraction of sp³-hybridized carbons (Fsp3) is 0.105. The van der Waals surface area contributed by atoms with E-state index < -0.39 is 0 Å². The zero-order valence-electron chi connectivity index (χ0n) is 13.3. The molecule has 1 N–H and O–H groups in total. The fourth-order valence-electron chi connectivity index (χ4n) is 2.34. The standard InChI is InChI=1S/C19H18N2O2S/c1-3-12-23-18-11-7-5-9-16(18)21-14(2)13-24-19(21)20-15-8-4-6-10-17(15)22/h3-11,13,22H,1,12H2,2H3. The van der Waals surface area contributed by atoms with Crippen molar-refractivity contribution in [2.24, 2.45) is 4.99 Å². The van der Waals surface area contributed by atoms with Gasteiger partial charge in [0.05, 0.1) is 5.69 Å². The van der Waals surface area contributed by atoms with Gasteiger partial charge >= 0.3 is 0 Å². The Labute approximate surface area is 144 Å². The van der Waals surface area contributed by atoms with E-state index in [0.717, 1.165) is 21.9 Å². The molecule has 0 saturated heterocycles. The first-order valence-corrected chi connectivity index (χ1v) is 8.41. The Morgan fingerprint density at radius 2 is 1.96 bits per heavy atom. The molecule has 1 aromatic heterocycles. The number of aryl methyl sites for hydroxylation is 1. The highest BCUT2D eigenvalue weighted by atomic mass is 32.1. The number of ether oxygens (including phenoxy) is 1. The van der Waals surface area contributed by atoms with Gasteiger partial charge in [-0.15, -0.1) is 11.3 Å². The molecule has 0 radical (unpaired) electrons. The Morgan fingerprint density at radius 3 is 2.75 bits per heavy atom. The van der Waals surface area contributed by atoms with E-state index >= 15 is 0 Å². The largest absolute Gasteiger partial charge is 0.506 e. The molecule has 2 aromatic carbocycles. The molecule has 0 spiro atoms. The van der Waals surface area contributed by atoms with Crippen molar-refractivity contribution in [2.75, 3.05) is 6.61 Å². The number of thiazole rings is 1. The topological polar surface area (TPSA) is 46.8 Å². The monoisotopic (exact) mass is 338 g/mol. The van der Waals surface area contributed by atoms with Crippen molar-refractivity contribution in [2.45, 2.75) is 6.92 Å². The smallest absolute Gasteiger partial charge is 0.195 e. The molecule has 0 unspecified atom stereocenters. The van der Waals surface area contributed by atoms with Crippen LogP contribution in [0, 0.1) is 6.92 Å². The van der Waals surface area contributed by atoms with Crippen molar-refractivity contribution < 1.29 is 9.84 Å². The number of para-hydroxylation sites is 4. The average molecular weight is 338 g/mol. The summed E-state index contributed by atoms with van der Waals surface area (Å²) < 4.78 is 7.79. The van der Waals surface area contributed by atoms with E-state index in [1.807, 2.05) is 47.2 Å². The van der Waals surface area contributed by atoms with Crippen molar-refractivity contribution in [3.8, 4) is 17.2 Å². The summed E-state index contributed by atoms with van der Waals surface area (Å²) in [6.07, 6.45) is 1.72. The summed E-state index contributed by atoms with van der Waals surface area (Å²) in [5.74, 6) is 0.920. The van der Waals surface area contributed by atoms with E-state index in [9.17, 15) is 5.11 Å². The highest BCUT2D eigenvalue weighted by molar-refractivity contribution is 7.07. The second kappa shape index (κ2) is 7.19. The number of rotatable bonds is 5. The maximum absolute atomic E-state index is 9.98. The van der Waals surface area contributed by atoms with Gasteiger partial charge in [-0.1, -0.05) is 36.9 Å². The molecule has 5 heteroatoms. The molecule has 0 saturated carbocycles. The minimum atomic E-state index is 0.159. The fourth-order valence-corrected chi connectivity index (χ4v) is 3.22. The van der Waals surface area contributed by atoms with Crippen LogP contribution in [-0.2, 0) is 0 Å². The number of phenolic OH excluding ortho intramolecular Hbond substituents is 1. The van der Waals surface area contributed by atoms with Crippen LogP contribution < -0.4 is 9.54 Å². The van der Waals surface area contributed by atoms with E-state index in [1.54, 1.807) is 24.3 Å². The summed E-state index contributed by atoms with van der Waals surface area (Å²) >= 11 is 1.52. The van der Waals surface area contributed by atoms with Crippen LogP contribution in [0.5, 0.6) is 11.5 Å². The molecule has 4 nitrogen and oxygen atoms in total. The minimum absolute atomic E-state index is 0.159. The second-order valence-electron chi connectivity index (χ2n) is 5.16. The Hall–Kier alpha value is -2.79. The molecule has 3 rings (SSSR count). The van der Waals surface area contributed by atoms with Gasteiger partial charge in [0.25, 0.3) is 0 Å². The SMILES string of the molecule is C=CCOc1ccccc1-n1c(C)csc1=Nc1ccccc1O. The predicted octanol–water partition coefficient (Wildman–Crippen LogP) is 4.35. The maximum Gasteiger partial charge on any atom is 0.195 e. The van der Waals surface area contributed by atoms with Crippen LogP contribution in [0.1, 0.15) is 5.69 Å². The van der Waals surface area contributed by atoms with Crippen molar-refractivity contribution in [3.63, 3.8) is 0 Å². The third kappa shape index (κ3) is 3.26. The molecule has 0 aliphatic rings. The van der Waals surface area contributed by atoms with Crippen LogP contribution in [0.25, 0.3) is 5.69 Å². The summed E-state index contributed by atoms with van der Waals surface area (Å²) in [4.78, 5) is 5.38. The molecule has 122 valence electrons. The molecular weight excluding hydrogens is 320 g/mol. The highest BCUT2D eigenvalue weighted by Gasteiger charge is 2.10. The maximum atomic E-state index is 9.98. The first kappa shape index (κ1) is 16.1. The molecule has 0 bridgehead atoms. The lowest BCUT2D eigenvalue weighted by atomic mass is 10.3. The summed E-state index contributed by atoms with van der Waals surface area (Å²) in [5, 5.41) is 12.0. The average Bonchev–Trinajstić information content (AvgIpc) is 2.96. The van der Waals surface area contributed by atoms with Crippen LogP contribution in [0.2, 0.25) is 0 Å². The van der Waals surface area contributed by atoms with Crippen LogP contribution in [0.3, 0.4) is 0 Å². The van der Waals surface area contributed by atoms with Gasteiger partial charge in [-0.2, -0.15) is 0 Å². The Bertz CT molecular complexity index is 925. The Balaban J connectivity index is 2.16. The van der Waals surface area contributed by atoms with Gasteiger partial charge in [-0.25, -0.2) is 4.99 Å². The lowest BCUT2D eigenvalue weighted by Crippen LogP contribution is -2.15. The van der Waals surface area contributed by atoms with E-state index in [-0.39, 0.29) is 5.75 Å².